The van der Waals surface area contributed by atoms with Gasteiger partial charge in [-0.1, -0.05) is 41.5 Å². The lowest BCUT2D eigenvalue weighted by atomic mass is 9.85. The number of ether oxygens (including phenoxy) is 2. The number of benzene rings is 1. The van der Waals surface area contributed by atoms with E-state index in [9.17, 15) is 4.79 Å². The molecular formula is C33H35N9O3. The van der Waals surface area contributed by atoms with E-state index in [2.05, 4.69) is 38.5 Å². The molecular weight excluding hydrogens is 570 g/mol. The summed E-state index contributed by atoms with van der Waals surface area (Å²) in [6.45, 7) is 0.751. The van der Waals surface area contributed by atoms with Crippen LogP contribution in [-0.4, -0.2) is 78.0 Å². The SMILES string of the molecule is COCCOc1nnc(C(=O)N2C3CCC2CC(c2nc4c(-c5ccc(-c6ccccc6)nc5)cnn4c(N)c2C2CC2)C3)[nH]1. The summed E-state index contributed by atoms with van der Waals surface area (Å²) in [7, 11) is 1.60. The van der Waals surface area contributed by atoms with Gasteiger partial charge >= 0.3 is 6.01 Å². The first kappa shape index (κ1) is 27.7. The van der Waals surface area contributed by atoms with E-state index >= 15 is 0 Å². The summed E-state index contributed by atoms with van der Waals surface area (Å²) in [4.78, 5) is 28.6. The monoisotopic (exact) mass is 605 g/mol. The summed E-state index contributed by atoms with van der Waals surface area (Å²) in [6, 6.07) is 14.6. The van der Waals surface area contributed by atoms with Crippen LogP contribution in [0.1, 0.15) is 72.2 Å². The molecule has 2 unspecified atom stereocenters. The Morgan fingerprint density at radius 2 is 1.76 bits per heavy atom. The van der Waals surface area contributed by atoms with Gasteiger partial charge in [0.15, 0.2) is 5.65 Å². The summed E-state index contributed by atoms with van der Waals surface area (Å²) in [5, 5.41) is 12.8. The van der Waals surface area contributed by atoms with Crippen molar-refractivity contribution < 1.29 is 14.3 Å². The molecule has 12 heteroatoms. The first-order chi connectivity index (χ1) is 22.1. The number of carbonyl (C=O) groups excluding carboxylic acids is 1. The molecule has 2 atom stereocenters. The van der Waals surface area contributed by atoms with Gasteiger partial charge in [0.25, 0.3) is 5.91 Å². The van der Waals surface area contributed by atoms with Crippen LogP contribution < -0.4 is 10.5 Å². The maximum Gasteiger partial charge on any atom is 0.314 e. The number of anilines is 1. The molecule has 3 N–H and O–H groups in total. The third-order valence-electron chi connectivity index (χ3n) is 9.43. The predicted octanol–water partition coefficient (Wildman–Crippen LogP) is 4.61. The maximum absolute atomic E-state index is 13.6. The van der Waals surface area contributed by atoms with E-state index in [1.54, 1.807) is 11.6 Å². The van der Waals surface area contributed by atoms with Crippen molar-refractivity contribution in [3.63, 3.8) is 0 Å². The number of H-pyrrole nitrogens is 1. The summed E-state index contributed by atoms with van der Waals surface area (Å²) < 4.78 is 12.3. The molecule has 4 aromatic heterocycles. The van der Waals surface area contributed by atoms with E-state index in [0.717, 1.165) is 77.8 Å². The predicted molar refractivity (Wildman–Crippen MR) is 167 cm³/mol. The number of carbonyl (C=O) groups is 1. The molecule has 5 aromatic rings. The molecule has 0 radical (unpaired) electrons. The van der Waals surface area contributed by atoms with Crippen LogP contribution in [0.2, 0.25) is 0 Å². The molecule has 3 fully saturated rings. The van der Waals surface area contributed by atoms with Crippen LogP contribution in [0, 0.1) is 0 Å². The number of piperidine rings is 1. The highest BCUT2D eigenvalue weighted by Gasteiger charge is 2.46. The van der Waals surface area contributed by atoms with E-state index in [1.165, 1.54) is 0 Å². The number of fused-ring (bicyclic) bond motifs is 3. The number of aromatic amines is 1. The molecule has 45 heavy (non-hydrogen) atoms. The number of pyridine rings is 1. The number of nitrogens with zero attached hydrogens (tertiary/aromatic N) is 7. The van der Waals surface area contributed by atoms with Gasteiger partial charge in [-0.2, -0.15) is 9.61 Å². The second kappa shape index (κ2) is 11.3. The van der Waals surface area contributed by atoms with E-state index in [4.69, 9.17) is 25.2 Å². The zero-order valence-corrected chi connectivity index (χ0v) is 25.1. The van der Waals surface area contributed by atoms with Gasteiger partial charge < -0.3 is 20.1 Å². The van der Waals surface area contributed by atoms with Crippen LogP contribution >= 0.6 is 0 Å². The normalized spacial score (nSPS) is 21.0. The molecule has 3 aliphatic rings. The number of methoxy groups -OCH3 is 1. The summed E-state index contributed by atoms with van der Waals surface area (Å²) in [5.74, 6) is 1.34. The van der Waals surface area contributed by atoms with Crippen LogP contribution in [-0.2, 0) is 4.74 Å². The highest BCUT2D eigenvalue weighted by Crippen LogP contribution is 2.50. The van der Waals surface area contributed by atoms with Crippen molar-refractivity contribution in [1.29, 1.82) is 0 Å². The molecule has 8 rings (SSSR count). The van der Waals surface area contributed by atoms with Gasteiger partial charge in [0.05, 0.1) is 24.2 Å². The van der Waals surface area contributed by atoms with Crippen molar-refractivity contribution >= 4 is 17.4 Å². The lowest BCUT2D eigenvalue weighted by molar-refractivity contribution is 0.0556. The van der Waals surface area contributed by atoms with Crippen molar-refractivity contribution in [1.82, 2.24) is 39.7 Å². The number of aromatic nitrogens is 7. The number of nitrogen functional groups attached to an aromatic ring is 1. The van der Waals surface area contributed by atoms with Gasteiger partial charge in [0.1, 0.15) is 12.4 Å². The number of nitrogens with two attached hydrogens (primary N) is 1. The minimum atomic E-state index is -0.134. The minimum Gasteiger partial charge on any atom is -0.461 e. The molecule has 1 aliphatic carbocycles. The fourth-order valence-corrected chi connectivity index (χ4v) is 7.17. The number of nitrogens with one attached hydrogen (secondary N) is 1. The fourth-order valence-electron chi connectivity index (χ4n) is 7.17. The van der Waals surface area contributed by atoms with Crippen LogP contribution in [0.3, 0.4) is 0 Å². The van der Waals surface area contributed by atoms with Crippen LogP contribution in [0.15, 0.2) is 54.9 Å². The van der Waals surface area contributed by atoms with Gasteiger partial charge in [-0.05, 0) is 50.5 Å². The lowest BCUT2D eigenvalue weighted by Crippen LogP contribution is -2.46. The van der Waals surface area contributed by atoms with E-state index < -0.39 is 0 Å². The van der Waals surface area contributed by atoms with Gasteiger partial charge in [-0.25, -0.2) is 4.98 Å². The average molecular weight is 606 g/mol. The fraction of sp³-hybridized carbons (Fsp3) is 0.394. The third-order valence-corrected chi connectivity index (χ3v) is 9.43. The molecule has 12 nitrogen and oxygen atoms in total. The van der Waals surface area contributed by atoms with Crippen molar-refractivity contribution in [2.24, 2.45) is 0 Å². The second-order valence-corrected chi connectivity index (χ2v) is 12.2. The molecule has 1 saturated carbocycles. The standard InChI is InChI=1S/C33H35N9O3/c1-44-13-14-45-33-38-30(39-40-33)32(43)41-23-10-11-24(41)16-22(15-23)28-27(20-7-8-20)29(34)42-31(37-28)25(18-36-42)21-9-12-26(35-17-21)19-5-3-2-4-6-19/h2-6,9,12,17-18,20,22-24H,7-8,10-11,13-16,34H2,1H3,(H,38,39,40). The summed E-state index contributed by atoms with van der Waals surface area (Å²) in [6.07, 6.45) is 9.49. The van der Waals surface area contributed by atoms with Crippen LogP contribution in [0.4, 0.5) is 5.82 Å². The molecule has 1 amide bonds. The number of amides is 1. The molecule has 2 aliphatic heterocycles. The van der Waals surface area contributed by atoms with E-state index in [1.807, 2.05) is 41.6 Å². The Morgan fingerprint density at radius 1 is 0.956 bits per heavy atom. The summed E-state index contributed by atoms with van der Waals surface area (Å²) in [5.41, 5.74) is 13.7. The smallest absolute Gasteiger partial charge is 0.314 e. The molecule has 1 aromatic carbocycles. The van der Waals surface area contributed by atoms with Gasteiger partial charge in [-0.3, -0.25) is 14.8 Å². The molecule has 230 valence electrons. The molecule has 6 heterocycles. The molecule has 0 spiro atoms. The Bertz CT molecular complexity index is 1830. The Morgan fingerprint density at radius 3 is 2.47 bits per heavy atom. The van der Waals surface area contributed by atoms with Crippen molar-refractivity contribution in [2.45, 2.75) is 62.4 Å². The van der Waals surface area contributed by atoms with Gasteiger partial charge in [0, 0.05) is 53.6 Å². The minimum absolute atomic E-state index is 0.0922. The Hall–Kier alpha value is -4.84. The van der Waals surface area contributed by atoms with Crippen LogP contribution in [0.5, 0.6) is 6.01 Å². The van der Waals surface area contributed by atoms with E-state index in [0.29, 0.717) is 24.9 Å². The molecule has 2 saturated heterocycles. The zero-order chi connectivity index (χ0) is 30.5. The van der Waals surface area contributed by atoms with Crippen LogP contribution in [0.25, 0.3) is 28.0 Å². The Kier molecular flexibility index (Phi) is 6.93. The second-order valence-electron chi connectivity index (χ2n) is 12.2. The quantitative estimate of drug-likeness (QED) is 0.230. The Labute approximate surface area is 260 Å². The topological polar surface area (TPSA) is 149 Å². The highest BCUT2D eigenvalue weighted by molar-refractivity contribution is 5.91. The van der Waals surface area contributed by atoms with Crippen molar-refractivity contribution in [3.8, 4) is 28.4 Å². The summed E-state index contributed by atoms with van der Waals surface area (Å²) >= 11 is 0. The van der Waals surface area contributed by atoms with E-state index in [-0.39, 0.29) is 35.7 Å². The van der Waals surface area contributed by atoms with Crippen molar-refractivity contribution in [3.05, 3.63) is 71.9 Å². The number of rotatable bonds is 9. The Balaban J connectivity index is 1.08. The highest BCUT2D eigenvalue weighted by atomic mass is 16.5. The number of hydrogen-bond acceptors (Lipinski definition) is 9. The third kappa shape index (κ3) is 4.98. The zero-order valence-electron chi connectivity index (χ0n) is 25.1. The molecule has 2 bridgehead atoms. The number of hydrogen-bond donors (Lipinski definition) is 2. The largest absolute Gasteiger partial charge is 0.461 e. The van der Waals surface area contributed by atoms with Crippen molar-refractivity contribution in [2.75, 3.05) is 26.1 Å². The first-order valence-corrected chi connectivity index (χ1v) is 15.6. The lowest BCUT2D eigenvalue weighted by Gasteiger charge is -2.39. The average Bonchev–Trinajstić information content (AvgIpc) is 3.52. The van der Waals surface area contributed by atoms with Gasteiger partial charge in [0.2, 0.25) is 5.82 Å². The first-order valence-electron chi connectivity index (χ1n) is 15.6. The van der Waals surface area contributed by atoms with Gasteiger partial charge in [-0.15, -0.1) is 5.10 Å². The maximum atomic E-state index is 13.6.